The summed E-state index contributed by atoms with van der Waals surface area (Å²) in [7, 11) is 2.18. The summed E-state index contributed by atoms with van der Waals surface area (Å²) in [5, 5.41) is 3.18. The summed E-state index contributed by atoms with van der Waals surface area (Å²) in [6.45, 7) is 7.21. The summed E-state index contributed by atoms with van der Waals surface area (Å²) < 4.78 is 0. The van der Waals surface area contributed by atoms with Gasteiger partial charge in [-0.15, -0.1) is 0 Å². The molecule has 1 unspecified atom stereocenters. The van der Waals surface area contributed by atoms with Crippen LogP contribution in [0.4, 0.5) is 5.69 Å². The Labute approximate surface area is 174 Å². The number of amides is 1. The number of hydrogen-bond donors (Lipinski definition) is 1. The summed E-state index contributed by atoms with van der Waals surface area (Å²) in [5.74, 6) is 0.121. The second-order valence-electron chi connectivity index (χ2n) is 8.38. The molecule has 2 fully saturated rings. The fraction of sp³-hybridized carbons (Fsp3) is 0.458. The van der Waals surface area contributed by atoms with E-state index in [0.29, 0.717) is 0 Å². The highest BCUT2D eigenvalue weighted by molar-refractivity contribution is 5.95. The van der Waals surface area contributed by atoms with Crippen LogP contribution in [-0.2, 0) is 17.9 Å². The molecule has 0 saturated carbocycles. The molecule has 4 rings (SSSR count). The van der Waals surface area contributed by atoms with Crippen LogP contribution >= 0.6 is 0 Å². The van der Waals surface area contributed by atoms with Crippen molar-refractivity contribution in [3.8, 4) is 0 Å². The van der Waals surface area contributed by atoms with E-state index in [0.717, 1.165) is 64.3 Å². The van der Waals surface area contributed by atoms with Crippen molar-refractivity contribution in [1.82, 2.24) is 14.7 Å². The zero-order valence-corrected chi connectivity index (χ0v) is 17.4. The molecule has 1 amide bonds. The Hall–Kier alpha value is -2.21. The molecule has 2 aromatic carbocycles. The van der Waals surface area contributed by atoms with Gasteiger partial charge in [-0.25, -0.2) is 0 Å². The van der Waals surface area contributed by atoms with E-state index in [4.69, 9.17) is 0 Å². The van der Waals surface area contributed by atoms with Crippen molar-refractivity contribution < 1.29 is 4.79 Å². The molecule has 1 atom stereocenters. The Bertz CT molecular complexity index is 802. The molecule has 154 valence electrons. The van der Waals surface area contributed by atoms with Crippen LogP contribution in [0.25, 0.3) is 0 Å². The molecule has 2 heterocycles. The van der Waals surface area contributed by atoms with Crippen molar-refractivity contribution >= 4 is 11.6 Å². The van der Waals surface area contributed by atoms with Crippen LogP contribution in [0.1, 0.15) is 24.0 Å². The summed E-state index contributed by atoms with van der Waals surface area (Å²) in [6, 6.07) is 18.7. The predicted molar refractivity (Wildman–Crippen MR) is 118 cm³/mol. The van der Waals surface area contributed by atoms with E-state index in [9.17, 15) is 4.79 Å². The van der Waals surface area contributed by atoms with E-state index in [2.05, 4.69) is 69.5 Å². The van der Waals surface area contributed by atoms with Gasteiger partial charge in [-0.3, -0.25) is 14.6 Å². The number of nitrogens with zero attached hydrogens (tertiary/aromatic N) is 3. The number of nitrogens with one attached hydrogen (secondary N) is 1. The number of benzene rings is 2. The van der Waals surface area contributed by atoms with Gasteiger partial charge in [0.2, 0.25) is 5.91 Å². The first-order valence-corrected chi connectivity index (χ1v) is 10.8. The molecule has 0 bridgehead atoms. The second kappa shape index (κ2) is 9.53. The van der Waals surface area contributed by atoms with Crippen molar-refractivity contribution in [3.05, 3.63) is 65.7 Å². The zero-order valence-electron chi connectivity index (χ0n) is 17.4. The van der Waals surface area contributed by atoms with Crippen LogP contribution in [0.3, 0.4) is 0 Å². The molecule has 5 heteroatoms. The number of likely N-dealkylation sites (tertiary alicyclic amines) is 1. The van der Waals surface area contributed by atoms with Crippen molar-refractivity contribution in [2.45, 2.75) is 32.0 Å². The van der Waals surface area contributed by atoms with Gasteiger partial charge < -0.3 is 10.2 Å². The number of piperazine rings is 1. The lowest BCUT2D eigenvalue weighted by molar-refractivity contribution is -0.120. The van der Waals surface area contributed by atoms with Crippen molar-refractivity contribution in [2.24, 2.45) is 0 Å². The molecule has 2 aliphatic rings. The zero-order chi connectivity index (χ0) is 20.1. The Kier molecular flexibility index (Phi) is 6.60. The van der Waals surface area contributed by atoms with Crippen LogP contribution in [-0.4, -0.2) is 66.4 Å². The molecule has 0 spiro atoms. The maximum atomic E-state index is 13.0. The van der Waals surface area contributed by atoms with E-state index in [-0.39, 0.29) is 11.9 Å². The largest absolute Gasteiger partial charge is 0.325 e. The number of hydrogen-bond acceptors (Lipinski definition) is 4. The highest BCUT2D eigenvalue weighted by Gasteiger charge is 2.30. The minimum atomic E-state index is -0.0449. The van der Waals surface area contributed by atoms with Gasteiger partial charge in [-0.1, -0.05) is 42.5 Å². The van der Waals surface area contributed by atoms with E-state index >= 15 is 0 Å². The van der Waals surface area contributed by atoms with Crippen molar-refractivity contribution in [1.29, 1.82) is 0 Å². The van der Waals surface area contributed by atoms with Crippen LogP contribution in [0.2, 0.25) is 0 Å². The highest BCUT2D eigenvalue weighted by atomic mass is 16.2. The predicted octanol–water partition coefficient (Wildman–Crippen LogP) is 3.04. The van der Waals surface area contributed by atoms with Crippen LogP contribution in [0, 0.1) is 0 Å². The van der Waals surface area contributed by atoms with Gasteiger partial charge >= 0.3 is 0 Å². The minimum absolute atomic E-state index is 0.0449. The highest BCUT2D eigenvalue weighted by Crippen LogP contribution is 2.22. The molecule has 0 aliphatic carbocycles. The minimum Gasteiger partial charge on any atom is -0.325 e. The number of carbonyl (C=O) groups is 1. The molecular weight excluding hydrogens is 360 g/mol. The molecule has 2 aliphatic heterocycles. The first kappa shape index (κ1) is 20.1. The van der Waals surface area contributed by atoms with Gasteiger partial charge in [0.1, 0.15) is 0 Å². The molecule has 1 N–H and O–H groups in total. The maximum Gasteiger partial charge on any atom is 0.241 e. The second-order valence-corrected chi connectivity index (χ2v) is 8.38. The smallest absolute Gasteiger partial charge is 0.241 e. The molecular formula is C24H32N4O. The number of rotatable bonds is 6. The standard InChI is InChI=1S/C24H32N4O/c1-26-13-15-27(16-14-26)18-21-9-5-10-22(17-21)25-24(29)23-11-6-12-28(23)19-20-7-3-2-4-8-20/h2-5,7-10,17,23H,6,11-16,18-19H2,1H3,(H,25,29). The summed E-state index contributed by atoms with van der Waals surface area (Å²) in [4.78, 5) is 20.1. The molecule has 2 aromatic rings. The van der Waals surface area contributed by atoms with E-state index < -0.39 is 0 Å². The Morgan fingerprint density at radius 3 is 2.48 bits per heavy atom. The number of likely N-dealkylation sites (N-methyl/N-ethyl adjacent to an activating group) is 1. The number of anilines is 1. The van der Waals surface area contributed by atoms with Crippen LogP contribution in [0.5, 0.6) is 0 Å². The molecule has 29 heavy (non-hydrogen) atoms. The van der Waals surface area contributed by atoms with Crippen molar-refractivity contribution in [3.63, 3.8) is 0 Å². The Balaban J connectivity index is 1.35. The Morgan fingerprint density at radius 1 is 0.931 bits per heavy atom. The SMILES string of the molecule is CN1CCN(Cc2cccc(NC(=O)C3CCCN3Cc3ccccc3)c2)CC1. The van der Waals surface area contributed by atoms with Crippen LogP contribution < -0.4 is 5.32 Å². The molecule has 0 radical (unpaired) electrons. The van der Waals surface area contributed by atoms with Gasteiger partial charge in [-0.05, 0) is 49.7 Å². The quantitative estimate of drug-likeness (QED) is 0.820. The topological polar surface area (TPSA) is 38.8 Å². The van der Waals surface area contributed by atoms with E-state index in [1.165, 1.54) is 11.1 Å². The first-order chi connectivity index (χ1) is 14.2. The van der Waals surface area contributed by atoms with E-state index in [1.807, 2.05) is 12.1 Å². The lowest BCUT2D eigenvalue weighted by Gasteiger charge is -2.32. The van der Waals surface area contributed by atoms with Gasteiger partial charge in [0, 0.05) is 45.0 Å². The van der Waals surface area contributed by atoms with Gasteiger partial charge in [0.05, 0.1) is 6.04 Å². The van der Waals surface area contributed by atoms with Crippen molar-refractivity contribution in [2.75, 3.05) is 45.1 Å². The summed E-state index contributed by atoms with van der Waals surface area (Å²) >= 11 is 0. The molecule has 2 saturated heterocycles. The third-order valence-electron chi connectivity index (χ3n) is 6.09. The lowest BCUT2D eigenvalue weighted by atomic mass is 10.1. The third-order valence-corrected chi connectivity index (χ3v) is 6.09. The third kappa shape index (κ3) is 5.44. The van der Waals surface area contributed by atoms with Gasteiger partial charge in [0.15, 0.2) is 0 Å². The summed E-state index contributed by atoms with van der Waals surface area (Å²) in [5.41, 5.74) is 3.44. The van der Waals surface area contributed by atoms with Gasteiger partial charge in [-0.2, -0.15) is 0 Å². The first-order valence-electron chi connectivity index (χ1n) is 10.8. The fourth-order valence-electron chi connectivity index (χ4n) is 4.37. The fourth-order valence-corrected chi connectivity index (χ4v) is 4.37. The molecule has 5 nitrogen and oxygen atoms in total. The average molecular weight is 393 g/mol. The molecule has 0 aromatic heterocycles. The van der Waals surface area contributed by atoms with Gasteiger partial charge in [0.25, 0.3) is 0 Å². The average Bonchev–Trinajstić information content (AvgIpc) is 3.19. The maximum absolute atomic E-state index is 13.0. The normalized spacial score (nSPS) is 21.3. The van der Waals surface area contributed by atoms with E-state index in [1.54, 1.807) is 0 Å². The lowest BCUT2D eigenvalue weighted by Crippen LogP contribution is -2.43. The van der Waals surface area contributed by atoms with Crippen LogP contribution in [0.15, 0.2) is 54.6 Å². The number of carbonyl (C=O) groups excluding carboxylic acids is 1. The Morgan fingerprint density at radius 2 is 1.69 bits per heavy atom. The monoisotopic (exact) mass is 392 g/mol. The summed E-state index contributed by atoms with van der Waals surface area (Å²) in [6.07, 6.45) is 2.01.